The van der Waals surface area contributed by atoms with Crippen LogP contribution < -0.4 is 0 Å². The smallest absolute Gasteiger partial charge is 0.410 e. The molecular weight excluding hydrogens is 444 g/mol. The number of amides is 1. The Morgan fingerprint density at radius 3 is 2.17 bits per heavy atom. The molecule has 0 saturated heterocycles. The van der Waals surface area contributed by atoms with Crippen molar-refractivity contribution in [3.63, 3.8) is 0 Å². The first kappa shape index (κ1) is 26.0. The maximum Gasteiger partial charge on any atom is 0.410 e. The van der Waals surface area contributed by atoms with Crippen LogP contribution in [0.25, 0.3) is 0 Å². The van der Waals surface area contributed by atoms with E-state index in [-0.39, 0.29) is 6.09 Å². The third-order valence-corrected chi connectivity index (χ3v) is 6.83. The highest BCUT2D eigenvalue weighted by atomic mass is 16.6. The Balaban J connectivity index is 1.45. The first-order valence-electron chi connectivity index (χ1n) is 13.2. The summed E-state index contributed by atoms with van der Waals surface area (Å²) in [6, 6.07) is 30.2. The van der Waals surface area contributed by atoms with E-state index in [1.807, 2.05) is 43.9 Å². The van der Waals surface area contributed by atoms with Crippen molar-refractivity contribution in [3.05, 3.63) is 107 Å². The first-order valence-corrected chi connectivity index (χ1v) is 13.2. The molecular formula is C32H40N2O2. The summed E-state index contributed by atoms with van der Waals surface area (Å²) < 4.78 is 5.78. The monoisotopic (exact) mass is 484 g/mol. The van der Waals surface area contributed by atoms with Crippen molar-refractivity contribution in [2.24, 2.45) is 0 Å². The van der Waals surface area contributed by atoms with Gasteiger partial charge in [0.25, 0.3) is 0 Å². The first-order chi connectivity index (χ1) is 17.4. The number of hydrogen-bond donors (Lipinski definition) is 0. The minimum absolute atomic E-state index is 0.246. The molecule has 0 aliphatic carbocycles. The van der Waals surface area contributed by atoms with Gasteiger partial charge in [-0.25, -0.2) is 4.79 Å². The Labute approximate surface area is 216 Å². The van der Waals surface area contributed by atoms with E-state index < -0.39 is 5.60 Å². The van der Waals surface area contributed by atoms with Crippen molar-refractivity contribution in [2.75, 3.05) is 13.1 Å². The Morgan fingerprint density at radius 1 is 0.889 bits per heavy atom. The van der Waals surface area contributed by atoms with E-state index in [9.17, 15) is 4.79 Å². The SMILES string of the molecule is CC(C)(C)OC(=O)N(CCN1Cc2ccccc2CC1CCCc1ccccc1)Cc1ccccc1. The van der Waals surface area contributed by atoms with Gasteiger partial charge in [-0.3, -0.25) is 4.90 Å². The summed E-state index contributed by atoms with van der Waals surface area (Å²) in [5, 5.41) is 0. The molecule has 4 nitrogen and oxygen atoms in total. The van der Waals surface area contributed by atoms with Crippen molar-refractivity contribution in [1.29, 1.82) is 0 Å². The molecule has 1 unspecified atom stereocenters. The molecule has 0 spiro atoms. The molecule has 0 bridgehead atoms. The van der Waals surface area contributed by atoms with E-state index >= 15 is 0 Å². The predicted molar refractivity (Wildman–Crippen MR) is 147 cm³/mol. The molecule has 190 valence electrons. The van der Waals surface area contributed by atoms with Gasteiger partial charge in [-0.15, -0.1) is 0 Å². The van der Waals surface area contributed by atoms with Crippen molar-refractivity contribution in [1.82, 2.24) is 9.80 Å². The molecule has 0 N–H and O–H groups in total. The van der Waals surface area contributed by atoms with E-state index in [1.54, 1.807) is 0 Å². The number of carbonyl (C=O) groups excluding carboxylic acids is 1. The fourth-order valence-corrected chi connectivity index (χ4v) is 4.99. The summed E-state index contributed by atoms with van der Waals surface area (Å²) in [7, 11) is 0. The highest BCUT2D eigenvalue weighted by Gasteiger charge is 2.28. The molecule has 0 radical (unpaired) electrons. The third-order valence-electron chi connectivity index (χ3n) is 6.83. The zero-order chi connectivity index (χ0) is 25.4. The van der Waals surface area contributed by atoms with Crippen LogP contribution in [-0.2, 0) is 30.7 Å². The van der Waals surface area contributed by atoms with Crippen LogP contribution in [0.3, 0.4) is 0 Å². The zero-order valence-electron chi connectivity index (χ0n) is 22.0. The lowest BCUT2D eigenvalue weighted by atomic mass is 9.90. The third kappa shape index (κ3) is 7.69. The molecule has 0 saturated carbocycles. The van der Waals surface area contributed by atoms with Crippen LogP contribution in [-0.4, -0.2) is 40.6 Å². The Morgan fingerprint density at radius 2 is 1.50 bits per heavy atom. The van der Waals surface area contributed by atoms with Gasteiger partial charge in [0.15, 0.2) is 0 Å². The molecule has 3 aromatic carbocycles. The van der Waals surface area contributed by atoms with Gasteiger partial charge in [0.05, 0.1) is 0 Å². The largest absolute Gasteiger partial charge is 0.444 e. The van der Waals surface area contributed by atoms with Crippen LogP contribution in [0.15, 0.2) is 84.9 Å². The lowest BCUT2D eigenvalue weighted by Gasteiger charge is -2.38. The molecule has 4 heteroatoms. The quantitative estimate of drug-likeness (QED) is 0.332. The number of ether oxygens (including phenoxy) is 1. The molecule has 1 aliphatic heterocycles. The second-order valence-electron chi connectivity index (χ2n) is 10.9. The van der Waals surface area contributed by atoms with E-state index in [1.165, 1.54) is 16.7 Å². The van der Waals surface area contributed by atoms with Gasteiger partial charge >= 0.3 is 6.09 Å². The van der Waals surface area contributed by atoms with E-state index in [2.05, 4.69) is 71.6 Å². The highest BCUT2D eigenvalue weighted by molar-refractivity contribution is 5.68. The highest BCUT2D eigenvalue weighted by Crippen LogP contribution is 2.26. The summed E-state index contributed by atoms with van der Waals surface area (Å²) in [5.74, 6) is 0. The fraction of sp³-hybridized carbons (Fsp3) is 0.406. The molecule has 1 aliphatic rings. The molecule has 36 heavy (non-hydrogen) atoms. The minimum Gasteiger partial charge on any atom is -0.444 e. The van der Waals surface area contributed by atoms with Crippen LogP contribution >= 0.6 is 0 Å². The number of carbonyl (C=O) groups is 1. The average molecular weight is 485 g/mol. The topological polar surface area (TPSA) is 32.8 Å². The average Bonchev–Trinajstić information content (AvgIpc) is 2.86. The van der Waals surface area contributed by atoms with E-state index in [0.717, 1.165) is 44.3 Å². The normalized spacial score (nSPS) is 15.8. The number of benzene rings is 3. The Kier molecular flexibility index (Phi) is 8.82. The number of hydrogen-bond acceptors (Lipinski definition) is 3. The van der Waals surface area contributed by atoms with Gasteiger partial charge in [-0.1, -0.05) is 84.9 Å². The molecule has 1 amide bonds. The van der Waals surface area contributed by atoms with Gasteiger partial charge in [0.1, 0.15) is 5.60 Å². The van der Waals surface area contributed by atoms with Crippen molar-refractivity contribution < 1.29 is 9.53 Å². The summed E-state index contributed by atoms with van der Waals surface area (Å²) in [5.41, 5.74) is 4.87. The van der Waals surface area contributed by atoms with Gasteiger partial charge in [0.2, 0.25) is 0 Å². The minimum atomic E-state index is -0.518. The Hall–Kier alpha value is -3.11. The number of nitrogens with zero attached hydrogens (tertiary/aromatic N) is 2. The van der Waals surface area contributed by atoms with Crippen LogP contribution in [0.4, 0.5) is 4.79 Å². The number of aryl methyl sites for hydroxylation is 1. The summed E-state index contributed by atoms with van der Waals surface area (Å²) in [6.07, 6.45) is 4.23. The van der Waals surface area contributed by atoms with Crippen molar-refractivity contribution in [3.8, 4) is 0 Å². The molecule has 4 rings (SSSR count). The lowest BCUT2D eigenvalue weighted by Crippen LogP contribution is -2.46. The van der Waals surface area contributed by atoms with Crippen LogP contribution in [0.1, 0.15) is 55.9 Å². The Bertz CT molecular complexity index is 1090. The van der Waals surface area contributed by atoms with Crippen LogP contribution in [0.5, 0.6) is 0 Å². The molecule has 0 aromatic heterocycles. The van der Waals surface area contributed by atoms with E-state index in [4.69, 9.17) is 4.74 Å². The van der Waals surface area contributed by atoms with Crippen LogP contribution in [0, 0.1) is 0 Å². The molecule has 1 heterocycles. The summed E-state index contributed by atoms with van der Waals surface area (Å²) >= 11 is 0. The molecule has 3 aromatic rings. The fourth-order valence-electron chi connectivity index (χ4n) is 4.99. The summed E-state index contributed by atoms with van der Waals surface area (Å²) in [4.78, 5) is 17.6. The number of fused-ring (bicyclic) bond motifs is 1. The number of rotatable bonds is 9. The lowest BCUT2D eigenvalue weighted by molar-refractivity contribution is 0.0196. The summed E-state index contributed by atoms with van der Waals surface area (Å²) in [6.45, 7) is 8.73. The standard InChI is InChI=1S/C32H40N2O2/c1-32(2,3)36-31(35)34(24-27-15-8-5-9-16-27)22-21-33-25-29-19-11-10-18-28(29)23-30(33)20-12-17-26-13-6-4-7-14-26/h4-11,13-16,18-19,30H,12,17,20-25H2,1-3H3. The molecule has 1 atom stereocenters. The second kappa shape index (κ2) is 12.2. The van der Waals surface area contributed by atoms with Gasteiger partial charge < -0.3 is 9.64 Å². The van der Waals surface area contributed by atoms with Crippen LogP contribution in [0.2, 0.25) is 0 Å². The second-order valence-corrected chi connectivity index (χ2v) is 10.9. The van der Waals surface area contributed by atoms with Gasteiger partial charge in [0, 0.05) is 32.2 Å². The maximum atomic E-state index is 13.1. The predicted octanol–water partition coefficient (Wildman–Crippen LogP) is 6.87. The van der Waals surface area contributed by atoms with Gasteiger partial charge in [-0.05, 0) is 68.7 Å². The zero-order valence-corrected chi connectivity index (χ0v) is 22.0. The molecule has 0 fully saturated rings. The van der Waals surface area contributed by atoms with Gasteiger partial charge in [-0.2, -0.15) is 0 Å². The van der Waals surface area contributed by atoms with Crippen molar-refractivity contribution in [2.45, 2.75) is 71.2 Å². The maximum absolute atomic E-state index is 13.1. The van der Waals surface area contributed by atoms with E-state index in [0.29, 0.717) is 19.1 Å². The van der Waals surface area contributed by atoms with Crippen molar-refractivity contribution >= 4 is 6.09 Å².